The minimum atomic E-state index is -0.0650. The minimum absolute atomic E-state index is 0.0650. The molecule has 0 aromatic heterocycles. The van der Waals surface area contributed by atoms with Gasteiger partial charge in [-0.25, -0.2) is 0 Å². The maximum Gasteiger partial charge on any atom is 0.276 e. The molecule has 1 amide bonds. The Morgan fingerprint density at radius 2 is 1.91 bits per heavy atom. The number of hydrogen-bond acceptors (Lipinski definition) is 4. The molecule has 0 bridgehead atoms. The number of hydrogen-bond donors (Lipinski definition) is 1. The number of amides is 1. The quantitative estimate of drug-likeness (QED) is 0.204. The van der Waals surface area contributed by atoms with Gasteiger partial charge in [0.25, 0.3) is 5.91 Å². The topological polar surface area (TPSA) is 50.8 Å². The Kier molecular flexibility index (Phi) is 8.61. The van der Waals surface area contributed by atoms with Gasteiger partial charge in [0.15, 0.2) is 16.6 Å². The maximum atomic E-state index is 13.1. The van der Waals surface area contributed by atoms with Crippen molar-refractivity contribution in [3.63, 3.8) is 0 Å². The molecule has 1 aliphatic heterocycles. The highest BCUT2D eigenvalue weighted by Gasteiger charge is 2.36. The summed E-state index contributed by atoms with van der Waals surface area (Å²) in [5.41, 5.74) is 2.22. The second-order valence-electron chi connectivity index (χ2n) is 8.26. The Labute approximate surface area is 228 Å². The average Bonchev–Trinajstić information content (AvgIpc) is 3.09. The van der Waals surface area contributed by atoms with Crippen LogP contribution in [0.4, 0.5) is 0 Å². The van der Waals surface area contributed by atoms with Gasteiger partial charge in [-0.15, -0.1) is 0 Å². The van der Waals surface area contributed by atoms with E-state index in [0.29, 0.717) is 45.6 Å². The molecule has 2 aromatic carbocycles. The molecule has 0 spiro atoms. The summed E-state index contributed by atoms with van der Waals surface area (Å²) in [6.07, 6.45) is 7.31. The first-order valence-electron chi connectivity index (χ1n) is 11.3. The van der Waals surface area contributed by atoms with Crippen LogP contribution in [0.1, 0.15) is 50.2 Å². The van der Waals surface area contributed by atoms with Crippen molar-refractivity contribution in [1.29, 1.82) is 0 Å². The molecule has 1 heterocycles. The monoisotopic (exact) mass is 630 g/mol. The zero-order valence-electron chi connectivity index (χ0n) is 18.7. The van der Waals surface area contributed by atoms with Gasteiger partial charge in [0.1, 0.15) is 12.3 Å². The number of carbonyl (C=O) groups excluding carboxylic acids is 1. The molecule has 5 nitrogen and oxygen atoms in total. The van der Waals surface area contributed by atoms with E-state index in [0.717, 1.165) is 40.4 Å². The van der Waals surface area contributed by atoms with Crippen molar-refractivity contribution in [2.75, 3.05) is 6.61 Å². The van der Waals surface area contributed by atoms with Crippen LogP contribution in [0.15, 0.2) is 36.0 Å². The number of nitrogens with zero attached hydrogens (tertiary/aromatic N) is 1. The molecule has 1 saturated carbocycles. The van der Waals surface area contributed by atoms with E-state index in [2.05, 4.69) is 27.9 Å². The van der Waals surface area contributed by atoms with E-state index < -0.39 is 0 Å². The Morgan fingerprint density at radius 3 is 2.62 bits per heavy atom. The van der Waals surface area contributed by atoms with Crippen molar-refractivity contribution < 1.29 is 14.3 Å². The van der Waals surface area contributed by atoms with Crippen LogP contribution in [0.25, 0.3) is 6.08 Å². The summed E-state index contributed by atoms with van der Waals surface area (Å²) in [6, 6.07) is 9.43. The highest BCUT2D eigenvalue weighted by molar-refractivity contribution is 14.1. The van der Waals surface area contributed by atoms with Crippen molar-refractivity contribution in [1.82, 2.24) is 10.2 Å². The average molecular weight is 631 g/mol. The molecule has 9 heteroatoms. The lowest BCUT2D eigenvalue weighted by molar-refractivity contribution is -0.124. The summed E-state index contributed by atoms with van der Waals surface area (Å²) in [5.74, 6) is 1.18. The fourth-order valence-electron chi connectivity index (χ4n) is 4.25. The van der Waals surface area contributed by atoms with Crippen molar-refractivity contribution in [2.24, 2.45) is 0 Å². The molecule has 0 unspecified atom stereocenters. The van der Waals surface area contributed by atoms with E-state index in [9.17, 15) is 4.79 Å². The molecule has 0 radical (unpaired) electrons. The van der Waals surface area contributed by atoms with Crippen LogP contribution in [0.2, 0.25) is 10.0 Å². The molecular weight excluding hydrogens is 606 g/mol. The zero-order chi connectivity index (χ0) is 24.2. The molecule has 1 aliphatic carbocycles. The van der Waals surface area contributed by atoms with Crippen LogP contribution >= 0.6 is 58.0 Å². The Morgan fingerprint density at radius 1 is 1.15 bits per heavy atom. The molecule has 2 aromatic rings. The zero-order valence-corrected chi connectivity index (χ0v) is 23.2. The van der Waals surface area contributed by atoms with E-state index >= 15 is 0 Å². The summed E-state index contributed by atoms with van der Waals surface area (Å²) >= 11 is 19.8. The number of benzene rings is 2. The van der Waals surface area contributed by atoms with Gasteiger partial charge in [-0.1, -0.05) is 48.5 Å². The highest BCUT2D eigenvalue weighted by Crippen LogP contribution is 2.36. The predicted octanol–water partition coefficient (Wildman–Crippen LogP) is 6.97. The van der Waals surface area contributed by atoms with Gasteiger partial charge in [-0.3, -0.25) is 9.69 Å². The Balaban J connectivity index is 1.56. The lowest BCUT2D eigenvalue weighted by Gasteiger charge is -2.29. The molecule has 2 aliphatic rings. The number of nitrogens with one attached hydrogen (secondary N) is 1. The lowest BCUT2D eigenvalue weighted by atomic mass is 9.94. The van der Waals surface area contributed by atoms with Crippen LogP contribution in [0, 0.1) is 3.57 Å². The lowest BCUT2D eigenvalue weighted by Crippen LogP contribution is -2.41. The van der Waals surface area contributed by atoms with Crippen LogP contribution < -0.4 is 14.8 Å². The predicted molar refractivity (Wildman–Crippen MR) is 149 cm³/mol. The van der Waals surface area contributed by atoms with Gasteiger partial charge in [-0.2, -0.15) is 0 Å². The second kappa shape index (κ2) is 11.5. The first-order chi connectivity index (χ1) is 16.4. The molecule has 34 heavy (non-hydrogen) atoms. The van der Waals surface area contributed by atoms with Crippen molar-refractivity contribution in [2.45, 2.75) is 51.7 Å². The summed E-state index contributed by atoms with van der Waals surface area (Å²) in [5, 5.41) is 4.59. The molecule has 2 fully saturated rings. The number of rotatable bonds is 7. The Hall–Kier alpha value is -1.55. The number of carbonyl (C=O) groups is 1. The largest absolute Gasteiger partial charge is 0.490 e. The van der Waals surface area contributed by atoms with E-state index in [1.54, 1.807) is 17.0 Å². The standard InChI is InChI=1S/C25H25Cl2IN2O3S/c1-2-32-22-13-16(11-20(28)23(22)33-14-15-8-9-18(26)19(27)10-15)12-21-24(31)30(25(34)29-21)17-6-4-3-5-7-17/h8-13,17H,2-7,14H2,1H3,(H,29,34)/b21-12-. The van der Waals surface area contributed by atoms with Gasteiger partial charge in [0.05, 0.1) is 20.2 Å². The SMILES string of the molecule is CCOc1cc(/C=C2\NC(=S)N(C3CCCCC3)C2=O)cc(I)c1OCc1ccc(Cl)c(Cl)c1. The smallest absolute Gasteiger partial charge is 0.276 e. The molecule has 4 rings (SSSR count). The van der Waals surface area contributed by atoms with Crippen LogP contribution in [0.3, 0.4) is 0 Å². The maximum absolute atomic E-state index is 13.1. The second-order valence-corrected chi connectivity index (χ2v) is 10.6. The summed E-state index contributed by atoms with van der Waals surface area (Å²) in [6.45, 7) is 2.72. The first-order valence-corrected chi connectivity index (χ1v) is 13.5. The number of thiocarbonyl (C=S) groups is 1. The number of ether oxygens (including phenoxy) is 2. The van der Waals surface area contributed by atoms with Crippen molar-refractivity contribution >= 4 is 75.1 Å². The fourth-order valence-corrected chi connectivity index (χ4v) is 5.69. The third-order valence-corrected chi connectivity index (χ3v) is 7.70. The highest BCUT2D eigenvalue weighted by atomic mass is 127. The van der Waals surface area contributed by atoms with Crippen LogP contribution in [-0.4, -0.2) is 28.6 Å². The first kappa shape index (κ1) is 25.5. The summed E-state index contributed by atoms with van der Waals surface area (Å²) < 4.78 is 12.8. The minimum Gasteiger partial charge on any atom is -0.490 e. The molecule has 0 atom stereocenters. The third-order valence-electron chi connectivity index (χ3n) is 5.86. The van der Waals surface area contributed by atoms with Crippen LogP contribution in [-0.2, 0) is 11.4 Å². The molecule has 180 valence electrons. The van der Waals surface area contributed by atoms with Crippen molar-refractivity contribution in [3.05, 3.63) is 60.8 Å². The normalized spacial score (nSPS) is 17.9. The van der Waals surface area contributed by atoms with Gasteiger partial charge >= 0.3 is 0 Å². The van der Waals surface area contributed by atoms with Crippen molar-refractivity contribution in [3.8, 4) is 11.5 Å². The van der Waals surface area contributed by atoms with E-state index in [-0.39, 0.29) is 11.9 Å². The van der Waals surface area contributed by atoms with E-state index in [1.165, 1.54) is 6.42 Å². The van der Waals surface area contributed by atoms with Gasteiger partial charge in [0.2, 0.25) is 0 Å². The van der Waals surface area contributed by atoms with Gasteiger partial charge in [0, 0.05) is 6.04 Å². The summed E-state index contributed by atoms with van der Waals surface area (Å²) in [7, 11) is 0. The molecule has 1 saturated heterocycles. The fraction of sp³-hybridized carbons (Fsp3) is 0.360. The number of halogens is 3. The van der Waals surface area contributed by atoms with E-state index in [4.69, 9.17) is 44.9 Å². The molecular formula is C25H25Cl2IN2O3S. The van der Waals surface area contributed by atoms with Crippen LogP contribution in [0.5, 0.6) is 11.5 Å². The summed E-state index contributed by atoms with van der Waals surface area (Å²) in [4.78, 5) is 14.9. The Bertz CT molecular complexity index is 1140. The van der Waals surface area contributed by atoms with Gasteiger partial charge < -0.3 is 14.8 Å². The third kappa shape index (κ3) is 5.80. The van der Waals surface area contributed by atoms with E-state index in [1.807, 2.05) is 31.2 Å². The van der Waals surface area contributed by atoms with Gasteiger partial charge in [-0.05, 0) is 96.0 Å². The molecule has 1 N–H and O–H groups in total.